The van der Waals surface area contributed by atoms with E-state index in [9.17, 15) is 9.18 Å². The van der Waals surface area contributed by atoms with Crippen LogP contribution in [0.15, 0.2) is 24.3 Å². The van der Waals surface area contributed by atoms with Crippen LogP contribution in [0.3, 0.4) is 0 Å². The number of halogens is 1. The van der Waals surface area contributed by atoms with Crippen LogP contribution >= 0.6 is 0 Å². The van der Waals surface area contributed by atoms with Crippen LogP contribution in [0.4, 0.5) is 4.39 Å². The average molecular weight is 264 g/mol. The van der Waals surface area contributed by atoms with Crippen LogP contribution < -0.4 is 5.32 Å². The number of carbonyl (C=O) groups excluding carboxylic acids is 1. The summed E-state index contributed by atoms with van der Waals surface area (Å²) >= 11 is 0. The molecule has 1 aliphatic rings. The van der Waals surface area contributed by atoms with Gasteiger partial charge in [-0.1, -0.05) is 12.1 Å². The van der Waals surface area contributed by atoms with E-state index in [2.05, 4.69) is 19.2 Å². The van der Waals surface area contributed by atoms with E-state index in [4.69, 9.17) is 0 Å². The Morgan fingerprint density at radius 1 is 1.26 bits per heavy atom. The Hall–Kier alpha value is -1.42. The number of rotatable bonds is 3. The van der Waals surface area contributed by atoms with Crippen LogP contribution in [0, 0.1) is 5.82 Å². The molecule has 1 fully saturated rings. The quantitative estimate of drug-likeness (QED) is 0.905. The molecule has 0 unspecified atom stereocenters. The molecule has 1 N–H and O–H groups in total. The molecule has 1 aromatic carbocycles. The SMILES string of the molecule is C[C@@H]1CN(C(=O)CCc2ccc(F)cc2)C[C@H](C)N1. The molecule has 0 spiro atoms. The average Bonchev–Trinajstić information content (AvgIpc) is 2.36. The van der Waals surface area contributed by atoms with E-state index in [1.165, 1.54) is 12.1 Å². The molecule has 0 saturated carbocycles. The molecule has 2 atom stereocenters. The number of amides is 1. The van der Waals surface area contributed by atoms with Crippen molar-refractivity contribution in [2.24, 2.45) is 0 Å². The fourth-order valence-corrected chi connectivity index (χ4v) is 2.59. The number of carbonyl (C=O) groups is 1. The molecule has 0 bridgehead atoms. The van der Waals surface area contributed by atoms with Gasteiger partial charge in [0.15, 0.2) is 0 Å². The van der Waals surface area contributed by atoms with Crippen molar-refractivity contribution in [3.8, 4) is 0 Å². The normalized spacial score (nSPS) is 23.4. The molecule has 1 amide bonds. The van der Waals surface area contributed by atoms with Crippen molar-refractivity contribution < 1.29 is 9.18 Å². The predicted molar refractivity (Wildman–Crippen MR) is 73.4 cm³/mol. The van der Waals surface area contributed by atoms with Gasteiger partial charge in [0.25, 0.3) is 0 Å². The smallest absolute Gasteiger partial charge is 0.223 e. The lowest BCUT2D eigenvalue weighted by Gasteiger charge is -2.36. The van der Waals surface area contributed by atoms with Crippen molar-refractivity contribution in [3.05, 3.63) is 35.6 Å². The van der Waals surface area contributed by atoms with Crippen LogP contribution in [0.1, 0.15) is 25.8 Å². The molecule has 2 rings (SSSR count). The molecule has 0 radical (unpaired) electrons. The lowest BCUT2D eigenvalue weighted by molar-refractivity contribution is -0.132. The van der Waals surface area contributed by atoms with Crippen LogP contribution in [0.2, 0.25) is 0 Å². The zero-order valence-electron chi connectivity index (χ0n) is 11.5. The van der Waals surface area contributed by atoms with Crippen molar-refractivity contribution in [3.63, 3.8) is 0 Å². The van der Waals surface area contributed by atoms with Crippen molar-refractivity contribution in [2.75, 3.05) is 13.1 Å². The van der Waals surface area contributed by atoms with Gasteiger partial charge in [-0.05, 0) is 38.0 Å². The summed E-state index contributed by atoms with van der Waals surface area (Å²) in [4.78, 5) is 14.1. The van der Waals surface area contributed by atoms with Crippen LogP contribution in [-0.4, -0.2) is 36.0 Å². The first-order valence-corrected chi connectivity index (χ1v) is 6.83. The van der Waals surface area contributed by atoms with Gasteiger partial charge in [0.1, 0.15) is 5.82 Å². The standard InChI is InChI=1S/C15H21FN2O/c1-11-9-18(10-12(2)17-11)15(19)8-5-13-3-6-14(16)7-4-13/h3-4,6-7,11-12,17H,5,8-10H2,1-2H3/t11-,12+. The molecule has 104 valence electrons. The van der Waals surface area contributed by atoms with Crippen molar-refractivity contribution in [2.45, 2.75) is 38.8 Å². The molecule has 1 aliphatic heterocycles. The van der Waals surface area contributed by atoms with Crippen LogP contribution in [0.25, 0.3) is 0 Å². The minimum atomic E-state index is -0.236. The molecular weight excluding hydrogens is 243 g/mol. The second-order valence-corrected chi connectivity index (χ2v) is 5.39. The molecule has 19 heavy (non-hydrogen) atoms. The van der Waals surface area contributed by atoms with E-state index in [0.717, 1.165) is 18.7 Å². The van der Waals surface area contributed by atoms with E-state index in [1.54, 1.807) is 12.1 Å². The molecule has 0 aliphatic carbocycles. The maximum atomic E-state index is 12.8. The molecule has 4 heteroatoms. The largest absolute Gasteiger partial charge is 0.340 e. The number of nitrogens with one attached hydrogen (secondary N) is 1. The number of piperazine rings is 1. The minimum absolute atomic E-state index is 0.185. The van der Waals surface area contributed by atoms with E-state index < -0.39 is 0 Å². The Labute approximate surface area is 113 Å². The van der Waals surface area contributed by atoms with Gasteiger partial charge in [-0.25, -0.2) is 4.39 Å². The second kappa shape index (κ2) is 6.15. The zero-order valence-corrected chi connectivity index (χ0v) is 11.5. The summed E-state index contributed by atoms with van der Waals surface area (Å²) in [5.41, 5.74) is 1.01. The summed E-state index contributed by atoms with van der Waals surface area (Å²) in [6.45, 7) is 5.73. The van der Waals surface area contributed by atoms with E-state index in [0.29, 0.717) is 24.9 Å². The summed E-state index contributed by atoms with van der Waals surface area (Å²) < 4.78 is 12.8. The number of benzene rings is 1. The first-order valence-electron chi connectivity index (χ1n) is 6.83. The monoisotopic (exact) mass is 264 g/mol. The third-order valence-corrected chi connectivity index (χ3v) is 3.45. The van der Waals surface area contributed by atoms with Gasteiger partial charge < -0.3 is 10.2 Å². The fourth-order valence-electron chi connectivity index (χ4n) is 2.59. The van der Waals surface area contributed by atoms with Gasteiger partial charge >= 0.3 is 0 Å². The highest BCUT2D eigenvalue weighted by Gasteiger charge is 2.24. The lowest BCUT2D eigenvalue weighted by Crippen LogP contribution is -2.55. The predicted octanol–water partition coefficient (Wildman–Crippen LogP) is 1.97. The molecule has 1 saturated heterocycles. The molecule has 1 heterocycles. The highest BCUT2D eigenvalue weighted by Crippen LogP contribution is 2.10. The molecule has 0 aromatic heterocycles. The van der Waals surface area contributed by atoms with Crippen molar-refractivity contribution in [1.29, 1.82) is 0 Å². The number of aryl methyl sites for hydroxylation is 1. The van der Waals surface area contributed by atoms with Gasteiger partial charge in [0.2, 0.25) is 5.91 Å². The Balaban J connectivity index is 1.85. The van der Waals surface area contributed by atoms with Gasteiger partial charge in [-0.15, -0.1) is 0 Å². The molecule has 3 nitrogen and oxygen atoms in total. The topological polar surface area (TPSA) is 32.3 Å². The van der Waals surface area contributed by atoms with Crippen LogP contribution in [-0.2, 0) is 11.2 Å². The van der Waals surface area contributed by atoms with Crippen molar-refractivity contribution in [1.82, 2.24) is 10.2 Å². The Bertz CT molecular complexity index is 422. The van der Waals surface area contributed by atoms with Gasteiger partial charge in [-0.2, -0.15) is 0 Å². The van der Waals surface area contributed by atoms with Gasteiger partial charge in [0.05, 0.1) is 0 Å². The van der Waals surface area contributed by atoms with E-state index in [1.807, 2.05) is 4.90 Å². The van der Waals surface area contributed by atoms with E-state index in [-0.39, 0.29) is 11.7 Å². The highest BCUT2D eigenvalue weighted by atomic mass is 19.1. The Kier molecular flexibility index (Phi) is 4.53. The number of nitrogens with zero attached hydrogens (tertiary/aromatic N) is 1. The maximum Gasteiger partial charge on any atom is 0.223 e. The summed E-state index contributed by atoms with van der Waals surface area (Å²) in [6.07, 6.45) is 1.16. The summed E-state index contributed by atoms with van der Waals surface area (Å²) in [6, 6.07) is 7.05. The number of hydrogen-bond donors (Lipinski definition) is 1. The number of hydrogen-bond acceptors (Lipinski definition) is 2. The lowest BCUT2D eigenvalue weighted by atomic mass is 10.1. The third-order valence-electron chi connectivity index (χ3n) is 3.45. The summed E-state index contributed by atoms with van der Waals surface area (Å²) in [5.74, 6) is -0.0515. The molecular formula is C15H21FN2O. The first-order chi connectivity index (χ1) is 9.04. The summed E-state index contributed by atoms with van der Waals surface area (Å²) in [7, 11) is 0. The van der Waals surface area contributed by atoms with Gasteiger partial charge in [-0.3, -0.25) is 4.79 Å². The van der Waals surface area contributed by atoms with E-state index >= 15 is 0 Å². The van der Waals surface area contributed by atoms with Crippen LogP contribution in [0.5, 0.6) is 0 Å². The first kappa shape index (κ1) is 14.0. The molecule has 1 aromatic rings. The van der Waals surface area contributed by atoms with Crippen molar-refractivity contribution >= 4 is 5.91 Å². The Morgan fingerprint density at radius 3 is 2.42 bits per heavy atom. The third kappa shape index (κ3) is 4.03. The zero-order chi connectivity index (χ0) is 13.8. The maximum absolute atomic E-state index is 12.8. The Morgan fingerprint density at radius 2 is 1.84 bits per heavy atom. The summed E-state index contributed by atoms with van der Waals surface area (Å²) in [5, 5.41) is 3.41. The fraction of sp³-hybridized carbons (Fsp3) is 0.533. The highest BCUT2D eigenvalue weighted by molar-refractivity contribution is 5.76. The second-order valence-electron chi connectivity index (χ2n) is 5.39. The van der Waals surface area contributed by atoms with Gasteiger partial charge in [0, 0.05) is 31.6 Å². The minimum Gasteiger partial charge on any atom is -0.340 e.